The normalized spacial score (nSPS) is 13.8. The molecule has 54 heavy (non-hydrogen) atoms. The van der Waals surface area contributed by atoms with Crippen molar-refractivity contribution in [1.82, 2.24) is 10.2 Å². The first-order valence-electron chi connectivity index (χ1n) is 18.1. The van der Waals surface area contributed by atoms with Crippen molar-refractivity contribution in [3.05, 3.63) is 154 Å². The van der Waals surface area contributed by atoms with Gasteiger partial charge in [0, 0.05) is 19.0 Å². The molecule has 0 saturated heterocycles. The van der Waals surface area contributed by atoms with E-state index in [1.54, 1.807) is 54.6 Å². The Morgan fingerprint density at radius 1 is 0.759 bits per heavy atom. The highest BCUT2D eigenvalue weighted by Crippen LogP contribution is 2.30. The van der Waals surface area contributed by atoms with Crippen LogP contribution in [0.15, 0.2) is 132 Å². The van der Waals surface area contributed by atoms with E-state index in [2.05, 4.69) is 5.32 Å². The summed E-state index contributed by atoms with van der Waals surface area (Å²) in [7, 11) is -4.28. The van der Waals surface area contributed by atoms with Crippen molar-refractivity contribution in [2.45, 2.75) is 69.0 Å². The molecule has 0 bridgehead atoms. The van der Waals surface area contributed by atoms with E-state index in [0.29, 0.717) is 27.1 Å². The van der Waals surface area contributed by atoms with Crippen LogP contribution in [0.1, 0.15) is 48.8 Å². The number of sulfonamides is 1. The summed E-state index contributed by atoms with van der Waals surface area (Å²) in [6, 6.07) is 35.8. The predicted octanol–water partition coefficient (Wildman–Crippen LogP) is 9.38. The molecule has 0 aliphatic heterocycles. The van der Waals surface area contributed by atoms with E-state index in [1.165, 1.54) is 17.0 Å². The van der Waals surface area contributed by atoms with E-state index < -0.39 is 28.5 Å². The van der Waals surface area contributed by atoms with Crippen LogP contribution in [0.25, 0.3) is 0 Å². The van der Waals surface area contributed by atoms with Gasteiger partial charge >= 0.3 is 0 Å². The number of nitrogens with zero attached hydrogens (tertiary/aromatic N) is 2. The number of carbonyl (C=O) groups is 2. The molecule has 0 aromatic heterocycles. The van der Waals surface area contributed by atoms with E-state index >= 15 is 0 Å². The monoisotopic (exact) mass is 783 g/mol. The molecule has 280 valence electrons. The predicted molar refractivity (Wildman–Crippen MR) is 215 cm³/mol. The fraction of sp³-hybridized carbons (Fsp3) is 0.256. The maximum atomic E-state index is 14.9. The van der Waals surface area contributed by atoms with E-state index in [-0.39, 0.29) is 35.5 Å². The topological polar surface area (TPSA) is 96.0 Å². The van der Waals surface area contributed by atoms with Crippen LogP contribution in [0.3, 0.4) is 0 Å². The van der Waals surface area contributed by atoms with Crippen molar-refractivity contribution < 1.29 is 22.7 Å². The summed E-state index contributed by atoms with van der Waals surface area (Å²) in [4.78, 5) is 30.8. The molecule has 5 aromatic carbocycles. The van der Waals surface area contributed by atoms with Gasteiger partial charge in [-0.25, -0.2) is 8.42 Å². The molecular formula is C43H43Cl2N3O5S. The molecule has 0 radical (unpaired) electrons. The number of hydrogen-bond donors (Lipinski definition) is 1. The molecule has 1 fully saturated rings. The average Bonchev–Trinajstić information content (AvgIpc) is 3.18. The highest BCUT2D eigenvalue weighted by Gasteiger charge is 2.35. The van der Waals surface area contributed by atoms with Crippen LogP contribution in [0, 0.1) is 6.92 Å². The van der Waals surface area contributed by atoms with Gasteiger partial charge in [0.1, 0.15) is 24.1 Å². The van der Waals surface area contributed by atoms with Gasteiger partial charge in [0.05, 0.1) is 20.6 Å². The lowest BCUT2D eigenvalue weighted by atomic mass is 9.94. The largest absolute Gasteiger partial charge is 0.457 e. The summed E-state index contributed by atoms with van der Waals surface area (Å²) in [6.45, 7) is 1.27. The summed E-state index contributed by atoms with van der Waals surface area (Å²) in [5.41, 5.74) is 2.63. The second kappa shape index (κ2) is 18.0. The fourth-order valence-corrected chi connectivity index (χ4v) is 8.34. The average molecular weight is 785 g/mol. The summed E-state index contributed by atoms with van der Waals surface area (Å²) < 4.78 is 36.0. The minimum Gasteiger partial charge on any atom is -0.457 e. The maximum absolute atomic E-state index is 14.9. The van der Waals surface area contributed by atoms with Gasteiger partial charge in [-0.1, -0.05) is 115 Å². The van der Waals surface area contributed by atoms with Crippen molar-refractivity contribution in [3.8, 4) is 11.5 Å². The third-order valence-corrected chi connectivity index (χ3v) is 12.1. The highest BCUT2D eigenvalue weighted by atomic mass is 35.5. The molecule has 0 unspecified atom stereocenters. The van der Waals surface area contributed by atoms with Crippen LogP contribution in [0.4, 0.5) is 5.69 Å². The second-order valence-corrected chi connectivity index (χ2v) is 16.2. The van der Waals surface area contributed by atoms with Crippen LogP contribution in [-0.2, 0) is 32.6 Å². The molecular weight excluding hydrogens is 741 g/mol. The van der Waals surface area contributed by atoms with Crippen molar-refractivity contribution in [2.24, 2.45) is 0 Å². The van der Waals surface area contributed by atoms with E-state index in [0.717, 1.165) is 47.5 Å². The molecule has 1 saturated carbocycles. The Morgan fingerprint density at radius 2 is 1.39 bits per heavy atom. The lowest BCUT2D eigenvalue weighted by Gasteiger charge is -2.35. The Labute approximate surface area is 327 Å². The minimum absolute atomic E-state index is 0.0125. The van der Waals surface area contributed by atoms with Crippen molar-refractivity contribution in [1.29, 1.82) is 0 Å². The number of ether oxygens (including phenoxy) is 1. The number of carbonyl (C=O) groups excluding carboxylic acids is 2. The van der Waals surface area contributed by atoms with Crippen LogP contribution < -0.4 is 14.4 Å². The van der Waals surface area contributed by atoms with Crippen LogP contribution in [-0.4, -0.2) is 43.8 Å². The van der Waals surface area contributed by atoms with E-state index in [9.17, 15) is 18.0 Å². The Kier molecular flexibility index (Phi) is 13.0. The third kappa shape index (κ3) is 10.0. The van der Waals surface area contributed by atoms with Gasteiger partial charge in [-0.05, 0) is 91.6 Å². The van der Waals surface area contributed by atoms with Crippen molar-refractivity contribution >= 4 is 50.7 Å². The second-order valence-electron chi connectivity index (χ2n) is 13.6. The zero-order chi connectivity index (χ0) is 38.1. The summed E-state index contributed by atoms with van der Waals surface area (Å²) >= 11 is 12.7. The molecule has 5 aromatic rings. The Bertz CT molecular complexity index is 2130. The van der Waals surface area contributed by atoms with Gasteiger partial charge in [-0.15, -0.1) is 0 Å². The van der Waals surface area contributed by atoms with Crippen LogP contribution in [0.2, 0.25) is 10.0 Å². The first-order chi connectivity index (χ1) is 26.1. The van der Waals surface area contributed by atoms with Gasteiger partial charge in [0.15, 0.2) is 0 Å². The number of nitrogens with one attached hydrogen (secondary N) is 1. The molecule has 0 heterocycles. The number of amides is 2. The molecule has 1 N–H and O–H groups in total. The number of rotatable bonds is 14. The molecule has 11 heteroatoms. The quantitative estimate of drug-likeness (QED) is 0.121. The lowest BCUT2D eigenvalue weighted by Crippen LogP contribution is -2.55. The number of aryl methyl sites for hydroxylation is 1. The van der Waals surface area contributed by atoms with E-state index in [1.807, 2.05) is 67.6 Å². The minimum atomic E-state index is -4.28. The zero-order valence-electron chi connectivity index (χ0n) is 30.0. The standard InChI is InChI=1S/C43H43Cl2N3O5S/c1-31-17-24-38(25-18-31)54(51,52)48(35-20-22-37(23-21-35)53-36-15-9-4-10-16-36)30-42(49)47(29-33-19-26-39(44)40(45)27-33)41(28-32-11-5-2-6-12-32)43(50)46-34-13-7-3-8-14-34/h2,4-6,9-12,15-27,34,41H,3,7-8,13-14,28-30H2,1H3,(H,46,50)/t41-/m0/s1. The molecule has 6 rings (SSSR count). The summed E-state index contributed by atoms with van der Waals surface area (Å²) in [5, 5.41) is 3.88. The van der Waals surface area contributed by atoms with E-state index in [4.69, 9.17) is 27.9 Å². The Morgan fingerprint density at radius 3 is 2.04 bits per heavy atom. The van der Waals surface area contributed by atoms with Gasteiger partial charge in [-0.2, -0.15) is 0 Å². The SMILES string of the molecule is Cc1ccc(S(=O)(=O)N(CC(=O)N(Cc2ccc(Cl)c(Cl)c2)[C@@H](Cc2ccccc2)C(=O)NC2CCCCC2)c2ccc(Oc3ccccc3)cc2)cc1. The van der Waals surface area contributed by atoms with Crippen LogP contribution in [0.5, 0.6) is 11.5 Å². The third-order valence-electron chi connectivity index (χ3n) is 9.55. The number of hydrogen-bond acceptors (Lipinski definition) is 5. The zero-order valence-corrected chi connectivity index (χ0v) is 32.4. The molecule has 1 aliphatic rings. The molecule has 1 aliphatic carbocycles. The number of benzene rings is 5. The van der Waals surface area contributed by atoms with Gasteiger partial charge < -0.3 is 15.0 Å². The first kappa shape index (κ1) is 38.9. The van der Waals surface area contributed by atoms with Crippen molar-refractivity contribution in [2.75, 3.05) is 10.8 Å². The van der Waals surface area contributed by atoms with Crippen LogP contribution >= 0.6 is 23.2 Å². The smallest absolute Gasteiger partial charge is 0.264 e. The maximum Gasteiger partial charge on any atom is 0.264 e. The number of halogens is 2. The fourth-order valence-electron chi connectivity index (χ4n) is 6.60. The Balaban J connectivity index is 1.39. The van der Waals surface area contributed by atoms with Gasteiger partial charge in [0.25, 0.3) is 10.0 Å². The molecule has 0 spiro atoms. The Hall–Kier alpha value is -4.83. The number of para-hydroxylation sites is 1. The van der Waals surface area contributed by atoms with Gasteiger partial charge in [0.2, 0.25) is 11.8 Å². The van der Waals surface area contributed by atoms with Crippen molar-refractivity contribution in [3.63, 3.8) is 0 Å². The number of anilines is 1. The van der Waals surface area contributed by atoms with Gasteiger partial charge in [-0.3, -0.25) is 13.9 Å². The molecule has 2 amide bonds. The summed E-state index contributed by atoms with van der Waals surface area (Å²) in [6.07, 6.45) is 5.08. The summed E-state index contributed by atoms with van der Waals surface area (Å²) in [5.74, 6) is 0.251. The lowest BCUT2D eigenvalue weighted by molar-refractivity contribution is -0.140. The first-order valence-corrected chi connectivity index (χ1v) is 20.3. The molecule has 8 nitrogen and oxygen atoms in total. The molecule has 1 atom stereocenters. The highest BCUT2D eigenvalue weighted by molar-refractivity contribution is 7.92.